The first-order valence-electron chi connectivity index (χ1n) is 9.72. The highest BCUT2D eigenvalue weighted by Crippen LogP contribution is 2.31. The summed E-state index contributed by atoms with van der Waals surface area (Å²) in [7, 11) is 1.74. The summed E-state index contributed by atoms with van der Waals surface area (Å²) in [5.74, 6) is 0.653. The van der Waals surface area contributed by atoms with Gasteiger partial charge in [-0.2, -0.15) is 0 Å². The third kappa shape index (κ3) is 5.48. The number of rotatable bonds is 6. The maximum Gasteiger partial charge on any atom is 0.256 e. The van der Waals surface area contributed by atoms with Gasteiger partial charge in [-0.3, -0.25) is 4.79 Å². The quantitative estimate of drug-likeness (QED) is 0.248. The van der Waals surface area contributed by atoms with Crippen LogP contribution in [0.2, 0.25) is 5.02 Å². The number of hydrazine groups is 1. The van der Waals surface area contributed by atoms with Crippen molar-refractivity contribution >= 4 is 34.6 Å². The van der Waals surface area contributed by atoms with E-state index in [0.717, 1.165) is 5.69 Å². The third-order valence-electron chi connectivity index (χ3n) is 4.48. The van der Waals surface area contributed by atoms with E-state index in [1.807, 2.05) is 20.8 Å². The summed E-state index contributed by atoms with van der Waals surface area (Å²) >= 11 is 6.03. The van der Waals surface area contributed by atoms with Crippen LogP contribution in [0.5, 0.6) is 0 Å². The van der Waals surface area contributed by atoms with Crippen LogP contribution < -0.4 is 21.7 Å². The summed E-state index contributed by atoms with van der Waals surface area (Å²) in [5, 5.41) is 3.65. The van der Waals surface area contributed by atoms with Crippen molar-refractivity contribution < 1.29 is 4.39 Å². The van der Waals surface area contributed by atoms with E-state index in [4.69, 9.17) is 11.6 Å². The molecule has 0 aliphatic carbocycles. The number of hydrogen-bond donors (Lipinski definition) is 4. The smallest absolute Gasteiger partial charge is 0.256 e. The van der Waals surface area contributed by atoms with Crippen LogP contribution in [0.15, 0.2) is 52.4 Å². The van der Waals surface area contributed by atoms with E-state index in [9.17, 15) is 9.18 Å². The first-order valence-corrected chi connectivity index (χ1v) is 10.1. The summed E-state index contributed by atoms with van der Waals surface area (Å²) < 4.78 is 14.4. The van der Waals surface area contributed by atoms with Crippen molar-refractivity contribution in [1.29, 1.82) is 0 Å². The van der Waals surface area contributed by atoms with Crippen LogP contribution in [0.25, 0.3) is 11.1 Å². The first kappa shape index (κ1) is 22.5. The Kier molecular flexibility index (Phi) is 7.04. The molecule has 0 aliphatic rings. The highest BCUT2D eigenvalue weighted by atomic mass is 35.5. The number of benzene rings is 1. The molecule has 0 saturated heterocycles. The maximum atomic E-state index is 14.4. The molecule has 0 fully saturated rings. The standard InChI is InChI=1S/C22H24ClFN6O/c1-12(2)21-19(28-15-7-8-26-20(10-15)27-13(3)30-25-4)11-17(22(31)29-21)16-9-14(23)5-6-18(16)24/h5-12,25H,1-4H3,(H,29,31)(H2,26,27,28,30). The average molecular weight is 443 g/mol. The molecule has 2 aromatic heterocycles. The second-order valence-corrected chi connectivity index (χ2v) is 7.65. The minimum Gasteiger partial charge on any atom is -0.354 e. The van der Waals surface area contributed by atoms with E-state index >= 15 is 0 Å². The zero-order valence-corrected chi connectivity index (χ0v) is 18.4. The van der Waals surface area contributed by atoms with Crippen LogP contribution in [0, 0.1) is 5.82 Å². The number of nitrogens with zero attached hydrogens (tertiary/aromatic N) is 2. The molecule has 0 aliphatic heterocycles. The molecule has 162 valence electrons. The number of aromatic amines is 1. The van der Waals surface area contributed by atoms with Crippen LogP contribution in [-0.2, 0) is 0 Å². The van der Waals surface area contributed by atoms with Gasteiger partial charge in [0, 0.05) is 41.3 Å². The normalized spacial score (nSPS) is 11.6. The molecule has 3 rings (SSSR count). The van der Waals surface area contributed by atoms with Crippen molar-refractivity contribution in [3.8, 4) is 11.1 Å². The number of anilines is 2. The van der Waals surface area contributed by atoms with Crippen molar-refractivity contribution in [2.45, 2.75) is 26.7 Å². The van der Waals surface area contributed by atoms with E-state index in [0.29, 0.717) is 28.1 Å². The number of aromatic nitrogens is 2. The summed E-state index contributed by atoms with van der Waals surface area (Å²) in [4.78, 5) is 24.2. The zero-order valence-electron chi connectivity index (χ0n) is 17.7. The second kappa shape index (κ2) is 9.72. The fraction of sp³-hybridized carbons (Fsp3) is 0.227. The fourth-order valence-corrected chi connectivity index (χ4v) is 3.27. The molecule has 9 heteroatoms. The summed E-state index contributed by atoms with van der Waals surface area (Å²) in [6.45, 7) is 5.74. The lowest BCUT2D eigenvalue weighted by Gasteiger charge is -2.16. The van der Waals surface area contributed by atoms with Gasteiger partial charge in [0.2, 0.25) is 0 Å². The maximum absolute atomic E-state index is 14.4. The van der Waals surface area contributed by atoms with E-state index < -0.39 is 5.82 Å². The molecule has 4 N–H and O–H groups in total. The van der Waals surface area contributed by atoms with Gasteiger partial charge in [-0.25, -0.2) is 19.8 Å². The van der Waals surface area contributed by atoms with Gasteiger partial charge in [0.05, 0.1) is 11.3 Å². The van der Waals surface area contributed by atoms with E-state index in [2.05, 4.69) is 31.1 Å². The van der Waals surface area contributed by atoms with Crippen molar-refractivity contribution in [2.75, 3.05) is 12.4 Å². The Balaban J connectivity index is 2.06. The molecule has 0 atom stereocenters. The SMILES string of the molecule is CNNC(C)=Nc1cc(Nc2cc(-c3cc(Cl)ccc3F)c(=O)[nH]c2C(C)C)ccn1. The third-order valence-corrected chi connectivity index (χ3v) is 4.72. The van der Waals surface area contributed by atoms with Crippen LogP contribution >= 0.6 is 11.6 Å². The fourth-order valence-electron chi connectivity index (χ4n) is 3.10. The Morgan fingerprint density at radius 1 is 1.19 bits per heavy atom. The van der Waals surface area contributed by atoms with Crippen LogP contribution in [0.1, 0.15) is 32.4 Å². The lowest BCUT2D eigenvalue weighted by Crippen LogP contribution is -2.31. The Bertz CT molecular complexity index is 1170. The van der Waals surface area contributed by atoms with Gasteiger partial charge in [-0.15, -0.1) is 0 Å². The minimum absolute atomic E-state index is 0.0230. The number of pyridine rings is 2. The molecule has 7 nitrogen and oxygen atoms in total. The average Bonchev–Trinajstić information content (AvgIpc) is 2.71. The van der Waals surface area contributed by atoms with Crippen molar-refractivity contribution in [3.63, 3.8) is 0 Å². The Hall–Kier alpha value is -3.23. The van der Waals surface area contributed by atoms with Gasteiger partial charge in [0.25, 0.3) is 5.56 Å². The molecule has 0 saturated carbocycles. The lowest BCUT2D eigenvalue weighted by molar-refractivity contribution is 0.631. The number of aliphatic imine (C=N–C) groups is 1. The van der Waals surface area contributed by atoms with Gasteiger partial charge < -0.3 is 15.7 Å². The van der Waals surface area contributed by atoms with Gasteiger partial charge in [-0.1, -0.05) is 25.4 Å². The largest absolute Gasteiger partial charge is 0.354 e. The monoisotopic (exact) mass is 442 g/mol. The van der Waals surface area contributed by atoms with Crippen LogP contribution in [-0.4, -0.2) is 22.9 Å². The summed E-state index contributed by atoms with van der Waals surface area (Å²) in [5.41, 5.74) is 7.69. The molecule has 0 amide bonds. The molecule has 2 heterocycles. The zero-order chi connectivity index (χ0) is 22.5. The minimum atomic E-state index is -0.522. The molecule has 0 radical (unpaired) electrons. The van der Waals surface area contributed by atoms with Crippen LogP contribution in [0.3, 0.4) is 0 Å². The Morgan fingerprint density at radius 3 is 2.68 bits per heavy atom. The summed E-state index contributed by atoms with van der Waals surface area (Å²) in [6.07, 6.45) is 1.63. The van der Waals surface area contributed by atoms with Gasteiger partial charge in [-0.05, 0) is 43.2 Å². The number of nitrogens with one attached hydrogen (secondary N) is 4. The van der Waals surface area contributed by atoms with Crippen molar-refractivity contribution in [2.24, 2.45) is 4.99 Å². The van der Waals surface area contributed by atoms with E-state index in [-0.39, 0.29) is 22.6 Å². The van der Waals surface area contributed by atoms with Gasteiger partial charge >= 0.3 is 0 Å². The van der Waals surface area contributed by atoms with Gasteiger partial charge in [0.15, 0.2) is 5.82 Å². The predicted molar refractivity (Wildman–Crippen MR) is 124 cm³/mol. The molecule has 0 unspecified atom stereocenters. The number of halogens is 2. The highest BCUT2D eigenvalue weighted by molar-refractivity contribution is 6.30. The number of hydrogen-bond acceptors (Lipinski definition) is 5. The van der Waals surface area contributed by atoms with Crippen molar-refractivity contribution in [3.05, 3.63) is 69.5 Å². The van der Waals surface area contributed by atoms with Gasteiger partial charge in [0.1, 0.15) is 11.7 Å². The molecule has 1 aromatic carbocycles. The molecular formula is C22H24ClFN6O. The lowest BCUT2D eigenvalue weighted by atomic mass is 10.0. The number of amidine groups is 1. The first-order chi connectivity index (χ1) is 14.8. The molecule has 0 spiro atoms. The Morgan fingerprint density at radius 2 is 1.97 bits per heavy atom. The predicted octanol–water partition coefficient (Wildman–Crippen LogP) is 4.87. The van der Waals surface area contributed by atoms with Crippen LogP contribution in [0.4, 0.5) is 21.6 Å². The molecule has 3 aromatic rings. The molecular weight excluding hydrogens is 419 g/mol. The van der Waals surface area contributed by atoms with E-state index in [1.165, 1.54) is 18.2 Å². The molecule has 31 heavy (non-hydrogen) atoms. The summed E-state index contributed by atoms with van der Waals surface area (Å²) in [6, 6.07) is 9.33. The second-order valence-electron chi connectivity index (χ2n) is 7.22. The highest BCUT2D eigenvalue weighted by Gasteiger charge is 2.16. The number of H-pyrrole nitrogens is 1. The van der Waals surface area contributed by atoms with E-state index in [1.54, 1.807) is 31.4 Å². The molecule has 0 bridgehead atoms. The topological polar surface area (TPSA) is 94.2 Å². The Labute approximate surface area is 184 Å². The van der Waals surface area contributed by atoms with Crippen molar-refractivity contribution in [1.82, 2.24) is 20.8 Å².